The molecule has 0 saturated carbocycles. The van der Waals surface area contributed by atoms with Crippen molar-refractivity contribution in [2.75, 3.05) is 47.4 Å². The Morgan fingerprint density at radius 3 is 2.58 bits per heavy atom. The van der Waals surface area contributed by atoms with Crippen LogP contribution >= 0.6 is 0 Å². The summed E-state index contributed by atoms with van der Waals surface area (Å²) in [6.07, 6.45) is 1.86. The Labute approximate surface area is 196 Å². The number of ether oxygens (including phenoxy) is 2. The molecule has 1 N–H and O–H groups in total. The molecule has 1 fully saturated rings. The fourth-order valence-electron chi connectivity index (χ4n) is 4.14. The third kappa shape index (κ3) is 7.22. The van der Waals surface area contributed by atoms with Crippen molar-refractivity contribution in [1.82, 2.24) is 15.1 Å². The Morgan fingerprint density at radius 2 is 1.85 bits per heavy atom. The summed E-state index contributed by atoms with van der Waals surface area (Å²) in [5.41, 5.74) is 2.34. The van der Waals surface area contributed by atoms with Gasteiger partial charge in [-0.15, -0.1) is 0 Å². The lowest BCUT2D eigenvalue weighted by atomic mass is 10.1. The SMILES string of the molecule is COc1ccc(CCN2CC(C(=O)NCCCN(C)Cc3ccccc3)CC2=O)cc1OC. The summed E-state index contributed by atoms with van der Waals surface area (Å²) in [5, 5.41) is 3.01. The van der Waals surface area contributed by atoms with E-state index in [0.717, 1.165) is 25.1 Å². The summed E-state index contributed by atoms with van der Waals surface area (Å²) >= 11 is 0. The summed E-state index contributed by atoms with van der Waals surface area (Å²) < 4.78 is 10.6. The molecule has 3 rings (SSSR count). The molecule has 1 atom stereocenters. The molecule has 2 aromatic carbocycles. The van der Waals surface area contributed by atoms with Gasteiger partial charge in [-0.25, -0.2) is 0 Å². The van der Waals surface area contributed by atoms with Crippen molar-refractivity contribution in [1.29, 1.82) is 0 Å². The van der Waals surface area contributed by atoms with E-state index in [4.69, 9.17) is 9.47 Å². The van der Waals surface area contributed by atoms with E-state index < -0.39 is 0 Å². The van der Waals surface area contributed by atoms with E-state index in [2.05, 4.69) is 29.4 Å². The molecule has 7 heteroatoms. The van der Waals surface area contributed by atoms with Crippen LogP contribution in [0, 0.1) is 5.92 Å². The van der Waals surface area contributed by atoms with Crippen molar-refractivity contribution >= 4 is 11.8 Å². The molecule has 0 aliphatic carbocycles. The van der Waals surface area contributed by atoms with Crippen LogP contribution in [0.1, 0.15) is 24.0 Å². The molecule has 2 amide bonds. The maximum atomic E-state index is 12.6. The second-order valence-corrected chi connectivity index (χ2v) is 8.55. The zero-order chi connectivity index (χ0) is 23.6. The van der Waals surface area contributed by atoms with Crippen LogP contribution in [0.15, 0.2) is 48.5 Å². The third-order valence-electron chi connectivity index (χ3n) is 6.01. The molecular formula is C26H35N3O4. The van der Waals surface area contributed by atoms with Crippen molar-refractivity contribution in [2.24, 2.45) is 5.92 Å². The highest BCUT2D eigenvalue weighted by atomic mass is 16.5. The van der Waals surface area contributed by atoms with Gasteiger partial charge in [0.25, 0.3) is 0 Å². The molecule has 0 bridgehead atoms. The molecular weight excluding hydrogens is 418 g/mol. The zero-order valence-electron chi connectivity index (χ0n) is 19.9. The highest BCUT2D eigenvalue weighted by Crippen LogP contribution is 2.28. The van der Waals surface area contributed by atoms with Crippen LogP contribution in [0.2, 0.25) is 0 Å². The van der Waals surface area contributed by atoms with Gasteiger partial charge in [0.05, 0.1) is 20.1 Å². The van der Waals surface area contributed by atoms with Crippen LogP contribution in [-0.2, 0) is 22.6 Å². The van der Waals surface area contributed by atoms with E-state index in [-0.39, 0.29) is 24.2 Å². The van der Waals surface area contributed by atoms with Gasteiger partial charge in [-0.2, -0.15) is 0 Å². The average molecular weight is 454 g/mol. The summed E-state index contributed by atoms with van der Waals surface area (Å²) in [7, 11) is 5.30. The molecule has 1 unspecified atom stereocenters. The lowest BCUT2D eigenvalue weighted by Crippen LogP contribution is -2.35. The molecule has 0 aromatic heterocycles. The van der Waals surface area contributed by atoms with Gasteiger partial charge < -0.3 is 24.6 Å². The van der Waals surface area contributed by atoms with Crippen molar-refractivity contribution < 1.29 is 19.1 Å². The number of amides is 2. The first-order valence-corrected chi connectivity index (χ1v) is 11.5. The standard InChI is InChI=1S/C26H35N3O4/c1-28(18-21-8-5-4-6-9-21)14-7-13-27-26(31)22-17-25(30)29(19-22)15-12-20-10-11-23(32-2)24(16-20)33-3/h4-6,8-11,16,22H,7,12-15,17-19H2,1-3H3,(H,27,31). The lowest BCUT2D eigenvalue weighted by molar-refractivity contribution is -0.129. The fourth-order valence-corrected chi connectivity index (χ4v) is 4.14. The molecule has 1 aliphatic heterocycles. The highest BCUT2D eigenvalue weighted by Gasteiger charge is 2.33. The van der Waals surface area contributed by atoms with Crippen LogP contribution < -0.4 is 14.8 Å². The van der Waals surface area contributed by atoms with Crippen molar-refractivity contribution in [3.05, 3.63) is 59.7 Å². The summed E-state index contributed by atoms with van der Waals surface area (Å²) in [5.74, 6) is 1.10. The van der Waals surface area contributed by atoms with E-state index in [1.165, 1.54) is 5.56 Å². The van der Waals surface area contributed by atoms with Crippen LogP contribution in [-0.4, -0.2) is 69.1 Å². The Bertz CT molecular complexity index is 919. The smallest absolute Gasteiger partial charge is 0.225 e. The van der Waals surface area contributed by atoms with E-state index in [1.807, 2.05) is 36.4 Å². The minimum absolute atomic E-state index is 0.0253. The topological polar surface area (TPSA) is 71.1 Å². The molecule has 7 nitrogen and oxygen atoms in total. The van der Waals surface area contributed by atoms with E-state index >= 15 is 0 Å². The number of nitrogens with one attached hydrogen (secondary N) is 1. The summed E-state index contributed by atoms with van der Waals surface area (Å²) in [6.45, 7) is 3.47. The van der Waals surface area contributed by atoms with Gasteiger partial charge in [-0.1, -0.05) is 36.4 Å². The number of hydrogen-bond donors (Lipinski definition) is 1. The first kappa shape index (κ1) is 24.6. The Morgan fingerprint density at radius 1 is 1.09 bits per heavy atom. The van der Waals surface area contributed by atoms with Gasteiger partial charge in [0.15, 0.2) is 11.5 Å². The number of likely N-dealkylation sites (tertiary alicyclic amines) is 1. The minimum atomic E-state index is -0.273. The van der Waals surface area contributed by atoms with Crippen LogP contribution in [0.5, 0.6) is 11.5 Å². The molecule has 178 valence electrons. The monoisotopic (exact) mass is 453 g/mol. The first-order chi connectivity index (χ1) is 16.0. The van der Waals surface area contributed by atoms with Crippen molar-refractivity contribution in [2.45, 2.75) is 25.8 Å². The molecule has 33 heavy (non-hydrogen) atoms. The second-order valence-electron chi connectivity index (χ2n) is 8.55. The molecule has 0 spiro atoms. The number of benzene rings is 2. The van der Waals surface area contributed by atoms with Gasteiger partial charge in [0, 0.05) is 32.6 Å². The number of nitrogens with zero attached hydrogens (tertiary/aromatic N) is 2. The third-order valence-corrected chi connectivity index (χ3v) is 6.01. The van der Waals surface area contributed by atoms with E-state index in [1.54, 1.807) is 19.1 Å². The van der Waals surface area contributed by atoms with Gasteiger partial charge >= 0.3 is 0 Å². The van der Waals surface area contributed by atoms with Gasteiger partial charge in [-0.3, -0.25) is 9.59 Å². The number of rotatable bonds is 12. The summed E-state index contributed by atoms with van der Waals surface area (Å²) in [4.78, 5) is 29.0. The predicted molar refractivity (Wildman–Crippen MR) is 128 cm³/mol. The molecule has 1 heterocycles. The first-order valence-electron chi connectivity index (χ1n) is 11.5. The maximum absolute atomic E-state index is 12.6. The number of hydrogen-bond acceptors (Lipinski definition) is 5. The van der Waals surface area contributed by atoms with Crippen LogP contribution in [0.3, 0.4) is 0 Å². The van der Waals surface area contributed by atoms with Crippen molar-refractivity contribution in [3.8, 4) is 11.5 Å². The average Bonchev–Trinajstić information content (AvgIpc) is 3.21. The van der Waals surface area contributed by atoms with Gasteiger partial charge in [0.1, 0.15) is 0 Å². The van der Waals surface area contributed by atoms with E-state index in [0.29, 0.717) is 37.6 Å². The van der Waals surface area contributed by atoms with Gasteiger partial charge in [0.2, 0.25) is 11.8 Å². The highest BCUT2D eigenvalue weighted by molar-refractivity contribution is 5.89. The molecule has 2 aromatic rings. The molecule has 0 radical (unpaired) electrons. The van der Waals surface area contributed by atoms with Gasteiger partial charge in [-0.05, 0) is 49.7 Å². The number of carbonyl (C=O) groups is 2. The van der Waals surface area contributed by atoms with Crippen LogP contribution in [0.25, 0.3) is 0 Å². The quantitative estimate of drug-likeness (QED) is 0.501. The summed E-state index contributed by atoms with van der Waals surface area (Å²) in [6, 6.07) is 16.1. The fraction of sp³-hybridized carbons (Fsp3) is 0.462. The second kappa shape index (κ2) is 12.3. The Kier molecular flexibility index (Phi) is 9.13. The zero-order valence-corrected chi connectivity index (χ0v) is 19.9. The Balaban J connectivity index is 1.37. The minimum Gasteiger partial charge on any atom is -0.493 e. The molecule has 1 aliphatic rings. The predicted octanol–water partition coefficient (Wildman–Crippen LogP) is 2.73. The number of methoxy groups -OCH3 is 2. The Hall–Kier alpha value is -3.06. The lowest BCUT2D eigenvalue weighted by Gasteiger charge is -2.18. The largest absolute Gasteiger partial charge is 0.493 e. The van der Waals surface area contributed by atoms with E-state index in [9.17, 15) is 9.59 Å². The normalized spacial score (nSPS) is 15.7. The maximum Gasteiger partial charge on any atom is 0.225 e. The number of carbonyl (C=O) groups excluding carboxylic acids is 2. The van der Waals surface area contributed by atoms with Crippen molar-refractivity contribution in [3.63, 3.8) is 0 Å². The van der Waals surface area contributed by atoms with Crippen LogP contribution in [0.4, 0.5) is 0 Å². The molecule has 1 saturated heterocycles.